The zero-order valence-corrected chi connectivity index (χ0v) is 17.9. The molecule has 1 amide bonds. The van der Waals surface area contributed by atoms with E-state index in [2.05, 4.69) is 17.0 Å². The first-order valence-electron chi connectivity index (χ1n) is 8.79. The number of carbonyl (C=O) groups excluding carboxylic acids is 1. The third-order valence-electron chi connectivity index (χ3n) is 4.52. The molecule has 0 radical (unpaired) electrons. The molecule has 1 aliphatic rings. The van der Waals surface area contributed by atoms with Crippen LogP contribution in [0.15, 0.2) is 24.3 Å². The molecular weight excluding hydrogens is 373 g/mol. The average Bonchev–Trinajstić information content (AvgIpc) is 2.55. The molecule has 1 heterocycles. The van der Waals surface area contributed by atoms with Gasteiger partial charge in [-0.05, 0) is 30.0 Å². The molecule has 2 N–H and O–H groups in total. The third-order valence-corrected chi connectivity index (χ3v) is 4.52. The summed E-state index contributed by atoms with van der Waals surface area (Å²) in [6.45, 7) is 12.9. The molecule has 0 aromatic heterocycles. The van der Waals surface area contributed by atoms with E-state index in [1.54, 1.807) is 0 Å². The number of piperazine rings is 1. The van der Waals surface area contributed by atoms with Crippen molar-refractivity contribution in [2.75, 3.05) is 32.8 Å². The van der Waals surface area contributed by atoms with Gasteiger partial charge >= 0.3 is 0 Å². The predicted octanol–water partition coefficient (Wildman–Crippen LogP) is 2.95. The molecule has 1 fully saturated rings. The van der Waals surface area contributed by atoms with Gasteiger partial charge in [0.2, 0.25) is 5.91 Å². The Morgan fingerprint density at radius 1 is 1.12 bits per heavy atom. The second-order valence-corrected chi connectivity index (χ2v) is 7.52. The van der Waals surface area contributed by atoms with Crippen molar-refractivity contribution < 1.29 is 9.53 Å². The Bertz CT molecular complexity index is 539. The summed E-state index contributed by atoms with van der Waals surface area (Å²) < 4.78 is 5.47. The first-order chi connectivity index (χ1) is 11.3. The van der Waals surface area contributed by atoms with E-state index in [9.17, 15) is 4.79 Å². The molecule has 1 aromatic carbocycles. The molecule has 1 atom stereocenters. The number of halogens is 2. The van der Waals surface area contributed by atoms with Crippen LogP contribution in [0.3, 0.4) is 0 Å². The molecule has 2 rings (SSSR count). The number of ether oxygens (including phenoxy) is 1. The molecule has 0 aliphatic carbocycles. The van der Waals surface area contributed by atoms with Gasteiger partial charge < -0.3 is 15.4 Å². The zero-order chi connectivity index (χ0) is 17.7. The van der Waals surface area contributed by atoms with Crippen LogP contribution in [0.5, 0.6) is 5.75 Å². The van der Waals surface area contributed by atoms with Crippen molar-refractivity contribution in [2.24, 2.45) is 11.1 Å². The molecule has 26 heavy (non-hydrogen) atoms. The van der Waals surface area contributed by atoms with Crippen LogP contribution < -0.4 is 10.5 Å². The Morgan fingerprint density at radius 3 is 2.12 bits per heavy atom. The molecule has 1 saturated heterocycles. The molecule has 0 bridgehead atoms. The third kappa shape index (κ3) is 6.95. The largest absolute Gasteiger partial charge is 0.494 e. The Morgan fingerprint density at radius 2 is 1.65 bits per heavy atom. The number of rotatable bonds is 5. The molecule has 7 heteroatoms. The van der Waals surface area contributed by atoms with Crippen molar-refractivity contribution in [1.82, 2.24) is 9.80 Å². The maximum Gasteiger partial charge on any atom is 0.240 e. The summed E-state index contributed by atoms with van der Waals surface area (Å²) in [6.07, 6.45) is 0. The summed E-state index contributed by atoms with van der Waals surface area (Å²) in [6, 6.07) is 7.81. The molecular formula is C19H33Cl2N3O2. The molecule has 1 aliphatic heterocycles. The predicted molar refractivity (Wildman–Crippen MR) is 111 cm³/mol. The summed E-state index contributed by atoms with van der Waals surface area (Å²) in [7, 11) is 0. The van der Waals surface area contributed by atoms with E-state index in [-0.39, 0.29) is 36.1 Å². The molecule has 0 saturated carbocycles. The van der Waals surface area contributed by atoms with Crippen LogP contribution in [0.25, 0.3) is 0 Å². The Balaban J connectivity index is 0.00000312. The van der Waals surface area contributed by atoms with Crippen molar-refractivity contribution in [1.29, 1.82) is 0 Å². The maximum absolute atomic E-state index is 12.5. The van der Waals surface area contributed by atoms with Crippen molar-refractivity contribution in [3.63, 3.8) is 0 Å². The Hall–Kier alpha value is -1.01. The van der Waals surface area contributed by atoms with Gasteiger partial charge in [-0.25, -0.2) is 0 Å². The Kier molecular flexibility index (Phi) is 10.5. The van der Waals surface area contributed by atoms with Crippen LogP contribution in [0.2, 0.25) is 0 Å². The van der Waals surface area contributed by atoms with Gasteiger partial charge in [-0.15, -0.1) is 24.8 Å². The minimum absolute atomic E-state index is 0. The average molecular weight is 406 g/mol. The van der Waals surface area contributed by atoms with Crippen molar-refractivity contribution >= 4 is 30.7 Å². The number of nitrogens with zero attached hydrogens (tertiary/aromatic N) is 2. The normalized spacial score (nSPS) is 16.3. The highest BCUT2D eigenvalue weighted by molar-refractivity contribution is 5.85. The number of amides is 1. The van der Waals surface area contributed by atoms with Crippen LogP contribution in [0.4, 0.5) is 0 Å². The lowest BCUT2D eigenvalue weighted by Crippen LogP contribution is -2.56. The van der Waals surface area contributed by atoms with Crippen molar-refractivity contribution in [2.45, 2.75) is 40.3 Å². The number of nitrogens with two attached hydrogens (primary N) is 1. The quantitative estimate of drug-likeness (QED) is 0.817. The highest BCUT2D eigenvalue weighted by Crippen LogP contribution is 2.20. The van der Waals surface area contributed by atoms with E-state index in [1.807, 2.05) is 44.7 Å². The van der Waals surface area contributed by atoms with E-state index in [0.717, 1.165) is 38.5 Å². The van der Waals surface area contributed by atoms with Gasteiger partial charge in [0.1, 0.15) is 5.75 Å². The lowest BCUT2D eigenvalue weighted by atomic mass is 9.86. The highest BCUT2D eigenvalue weighted by atomic mass is 35.5. The summed E-state index contributed by atoms with van der Waals surface area (Å²) in [5.41, 5.74) is 7.18. The van der Waals surface area contributed by atoms with Crippen LogP contribution in [-0.2, 0) is 11.3 Å². The number of benzene rings is 1. The van der Waals surface area contributed by atoms with Crippen LogP contribution >= 0.6 is 24.8 Å². The van der Waals surface area contributed by atoms with Gasteiger partial charge in [-0.1, -0.05) is 32.9 Å². The lowest BCUT2D eigenvalue weighted by molar-refractivity contribution is -0.136. The SMILES string of the molecule is CCOc1ccc(CN2CCN(C(=O)[C@@H](N)C(C)(C)C)CC2)cc1.Cl.Cl. The fraction of sp³-hybridized carbons (Fsp3) is 0.632. The van der Waals surface area contributed by atoms with E-state index < -0.39 is 6.04 Å². The molecule has 0 spiro atoms. The van der Waals surface area contributed by atoms with Crippen LogP contribution in [0, 0.1) is 5.41 Å². The summed E-state index contributed by atoms with van der Waals surface area (Å²) in [5, 5.41) is 0. The van der Waals surface area contributed by atoms with Crippen LogP contribution in [0.1, 0.15) is 33.3 Å². The Labute approximate surface area is 170 Å². The monoisotopic (exact) mass is 405 g/mol. The van der Waals surface area contributed by atoms with Gasteiger partial charge in [0.25, 0.3) is 0 Å². The second kappa shape index (κ2) is 11.0. The number of carbonyl (C=O) groups is 1. The fourth-order valence-electron chi connectivity index (χ4n) is 2.81. The first kappa shape index (κ1) is 25.0. The highest BCUT2D eigenvalue weighted by Gasteiger charge is 2.32. The standard InChI is InChI=1S/C19H31N3O2.2ClH/c1-5-24-16-8-6-15(7-9-16)14-21-10-12-22(13-11-21)18(23)17(20)19(2,3)4;;/h6-9,17H,5,10-14,20H2,1-4H3;2*1H/t17-;;/m1../s1. The first-order valence-corrected chi connectivity index (χ1v) is 8.79. The molecule has 1 aromatic rings. The lowest BCUT2D eigenvalue weighted by Gasteiger charge is -2.38. The van der Waals surface area contributed by atoms with E-state index in [1.165, 1.54) is 5.56 Å². The maximum atomic E-state index is 12.5. The van der Waals surface area contributed by atoms with E-state index >= 15 is 0 Å². The van der Waals surface area contributed by atoms with Gasteiger partial charge in [-0.3, -0.25) is 9.69 Å². The summed E-state index contributed by atoms with van der Waals surface area (Å²) >= 11 is 0. The minimum Gasteiger partial charge on any atom is -0.494 e. The van der Waals surface area contributed by atoms with Crippen LogP contribution in [-0.4, -0.2) is 54.5 Å². The summed E-state index contributed by atoms with van der Waals surface area (Å²) in [4.78, 5) is 16.8. The smallest absolute Gasteiger partial charge is 0.240 e. The van der Waals surface area contributed by atoms with Gasteiger partial charge in [0.15, 0.2) is 0 Å². The topological polar surface area (TPSA) is 58.8 Å². The van der Waals surface area contributed by atoms with Gasteiger partial charge in [0, 0.05) is 32.7 Å². The molecule has 150 valence electrons. The molecule has 5 nitrogen and oxygen atoms in total. The van der Waals surface area contributed by atoms with Gasteiger partial charge in [-0.2, -0.15) is 0 Å². The number of hydrogen-bond acceptors (Lipinski definition) is 4. The van der Waals surface area contributed by atoms with E-state index in [0.29, 0.717) is 6.61 Å². The van der Waals surface area contributed by atoms with Crippen molar-refractivity contribution in [3.8, 4) is 5.75 Å². The van der Waals surface area contributed by atoms with E-state index in [4.69, 9.17) is 10.5 Å². The minimum atomic E-state index is -0.435. The molecule has 0 unspecified atom stereocenters. The van der Waals surface area contributed by atoms with Gasteiger partial charge in [0.05, 0.1) is 12.6 Å². The zero-order valence-electron chi connectivity index (χ0n) is 16.2. The number of hydrogen-bond donors (Lipinski definition) is 1. The fourth-order valence-corrected chi connectivity index (χ4v) is 2.81. The van der Waals surface area contributed by atoms with Crippen molar-refractivity contribution in [3.05, 3.63) is 29.8 Å². The second-order valence-electron chi connectivity index (χ2n) is 7.52. The summed E-state index contributed by atoms with van der Waals surface area (Å²) in [5.74, 6) is 0.982.